The summed E-state index contributed by atoms with van der Waals surface area (Å²) < 4.78 is 7.08. The largest absolute Gasteiger partial charge is 0.379 e. The number of hydrogen-bond donors (Lipinski definition) is 1. The Morgan fingerprint density at radius 1 is 1.47 bits per heavy atom. The second-order valence-corrected chi connectivity index (χ2v) is 3.81. The van der Waals surface area contributed by atoms with Gasteiger partial charge in [0.1, 0.15) is 0 Å². The highest BCUT2D eigenvalue weighted by Crippen LogP contribution is 2.01. The molecule has 0 aliphatic heterocycles. The lowest BCUT2D eigenvalue weighted by Gasteiger charge is -2.05. The van der Waals surface area contributed by atoms with Gasteiger partial charge in [-0.3, -0.25) is 0 Å². The van der Waals surface area contributed by atoms with E-state index in [0.717, 1.165) is 31.6 Å². The van der Waals surface area contributed by atoms with E-state index in [-0.39, 0.29) is 0 Å². The van der Waals surface area contributed by atoms with Gasteiger partial charge in [-0.15, -0.1) is 5.10 Å². The van der Waals surface area contributed by atoms with E-state index in [9.17, 15) is 0 Å². The van der Waals surface area contributed by atoms with Crippen LogP contribution in [0.3, 0.4) is 0 Å². The molecule has 0 radical (unpaired) electrons. The Balaban J connectivity index is 2.09. The number of aryl methyl sites for hydroxylation is 1. The molecule has 0 atom stereocenters. The SMILES string of the molecule is CC(C)OCCCCc1cn(CN)nn1. The lowest BCUT2D eigenvalue weighted by Crippen LogP contribution is -2.07. The molecule has 2 N–H and O–H groups in total. The molecule has 15 heavy (non-hydrogen) atoms. The molecule has 0 aromatic carbocycles. The summed E-state index contributed by atoms with van der Waals surface area (Å²) in [4.78, 5) is 0. The second-order valence-electron chi connectivity index (χ2n) is 3.81. The van der Waals surface area contributed by atoms with Gasteiger partial charge in [0, 0.05) is 12.8 Å². The first kappa shape index (κ1) is 12.1. The summed E-state index contributed by atoms with van der Waals surface area (Å²) >= 11 is 0. The van der Waals surface area contributed by atoms with Crippen LogP contribution in [-0.4, -0.2) is 27.7 Å². The van der Waals surface area contributed by atoms with Crippen LogP contribution in [0.1, 0.15) is 32.4 Å². The van der Waals surface area contributed by atoms with Gasteiger partial charge in [-0.1, -0.05) is 5.21 Å². The van der Waals surface area contributed by atoms with E-state index >= 15 is 0 Å². The molecule has 0 amide bonds. The summed E-state index contributed by atoms with van der Waals surface area (Å²) in [5.41, 5.74) is 6.42. The van der Waals surface area contributed by atoms with Gasteiger partial charge in [0.15, 0.2) is 0 Å². The molecule has 1 aromatic rings. The van der Waals surface area contributed by atoms with Crippen LogP contribution in [0, 0.1) is 0 Å². The Kier molecular flexibility index (Phi) is 5.28. The maximum Gasteiger partial charge on any atom is 0.0896 e. The third kappa shape index (κ3) is 4.90. The van der Waals surface area contributed by atoms with Crippen LogP contribution < -0.4 is 5.73 Å². The predicted octanol–water partition coefficient (Wildman–Crippen LogP) is 0.942. The van der Waals surface area contributed by atoms with Crippen LogP contribution in [0.25, 0.3) is 0 Å². The van der Waals surface area contributed by atoms with Gasteiger partial charge in [0.05, 0.1) is 18.5 Å². The van der Waals surface area contributed by atoms with Crippen molar-refractivity contribution in [3.8, 4) is 0 Å². The van der Waals surface area contributed by atoms with Crippen molar-refractivity contribution >= 4 is 0 Å². The highest BCUT2D eigenvalue weighted by Gasteiger charge is 1.99. The fraction of sp³-hybridized carbons (Fsp3) is 0.800. The van der Waals surface area contributed by atoms with E-state index in [1.54, 1.807) is 4.68 Å². The first-order valence-corrected chi connectivity index (χ1v) is 5.43. The number of unbranched alkanes of at least 4 members (excludes halogenated alkanes) is 1. The van der Waals surface area contributed by atoms with E-state index in [0.29, 0.717) is 12.8 Å². The van der Waals surface area contributed by atoms with Gasteiger partial charge in [0.2, 0.25) is 0 Å². The van der Waals surface area contributed by atoms with Gasteiger partial charge in [-0.2, -0.15) is 0 Å². The van der Waals surface area contributed by atoms with Crippen molar-refractivity contribution in [1.82, 2.24) is 15.0 Å². The maximum atomic E-state index is 5.44. The van der Waals surface area contributed by atoms with Crippen LogP contribution in [0.15, 0.2) is 6.20 Å². The van der Waals surface area contributed by atoms with E-state index in [1.807, 2.05) is 20.0 Å². The number of ether oxygens (including phenoxy) is 1. The Morgan fingerprint density at radius 2 is 2.27 bits per heavy atom. The van der Waals surface area contributed by atoms with Gasteiger partial charge < -0.3 is 10.5 Å². The Morgan fingerprint density at radius 3 is 2.87 bits per heavy atom. The molecule has 0 aliphatic rings. The fourth-order valence-corrected chi connectivity index (χ4v) is 1.27. The average molecular weight is 212 g/mol. The molecule has 5 heteroatoms. The third-order valence-electron chi connectivity index (χ3n) is 2.05. The predicted molar refractivity (Wildman–Crippen MR) is 58.2 cm³/mol. The average Bonchev–Trinajstić information content (AvgIpc) is 2.65. The summed E-state index contributed by atoms with van der Waals surface area (Å²) in [6, 6.07) is 0. The number of rotatable bonds is 7. The summed E-state index contributed by atoms with van der Waals surface area (Å²) in [5.74, 6) is 0. The Labute approximate surface area is 90.6 Å². The van der Waals surface area contributed by atoms with Gasteiger partial charge >= 0.3 is 0 Å². The molecular formula is C10H20N4O. The monoisotopic (exact) mass is 212 g/mol. The molecule has 0 bridgehead atoms. The lowest BCUT2D eigenvalue weighted by atomic mass is 10.2. The minimum Gasteiger partial charge on any atom is -0.379 e. The molecule has 86 valence electrons. The van der Waals surface area contributed by atoms with Crippen LogP contribution in [0.4, 0.5) is 0 Å². The summed E-state index contributed by atoms with van der Waals surface area (Å²) in [7, 11) is 0. The molecular weight excluding hydrogens is 192 g/mol. The number of nitrogens with two attached hydrogens (primary N) is 1. The normalized spacial score (nSPS) is 11.2. The topological polar surface area (TPSA) is 66.0 Å². The highest BCUT2D eigenvalue weighted by atomic mass is 16.5. The molecule has 1 rings (SSSR count). The van der Waals surface area contributed by atoms with E-state index < -0.39 is 0 Å². The molecule has 1 heterocycles. The van der Waals surface area contributed by atoms with Crippen LogP contribution in [-0.2, 0) is 17.8 Å². The minimum atomic E-state index is 0.322. The molecule has 0 fully saturated rings. The fourth-order valence-electron chi connectivity index (χ4n) is 1.27. The molecule has 0 aliphatic carbocycles. The Bertz CT molecular complexity index is 272. The first-order valence-electron chi connectivity index (χ1n) is 5.43. The van der Waals surface area contributed by atoms with Crippen molar-refractivity contribution < 1.29 is 4.74 Å². The molecule has 0 spiro atoms. The number of aromatic nitrogens is 3. The molecule has 5 nitrogen and oxygen atoms in total. The van der Waals surface area contributed by atoms with E-state index in [1.165, 1.54) is 0 Å². The van der Waals surface area contributed by atoms with Crippen molar-refractivity contribution in [2.24, 2.45) is 5.73 Å². The van der Waals surface area contributed by atoms with Gasteiger partial charge in [-0.05, 0) is 33.1 Å². The summed E-state index contributed by atoms with van der Waals surface area (Å²) in [6.45, 7) is 5.31. The molecule has 1 aromatic heterocycles. The van der Waals surface area contributed by atoms with E-state index in [4.69, 9.17) is 10.5 Å². The molecule has 0 saturated heterocycles. The van der Waals surface area contributed by atoms with Crippen molar-refractivity contribution in [1.29, 1.82) is 0 Å². The van der Waals surface area contributed by atoms with E-state index in [2.05, 4.69) is 10.3 Å². The van der Waals surface area contributed by atoms with Crippen LogP contribution in [0.2, 0.25) is 0 Å². The molecule has 0 unspecified atom stereocenters. The Hall–Kier alpha value is -0.940. The van der Waals surface area contributed by atoms with Gasteiger partial charge in [0.25, 0.3) is 0 Å². The van der Waals surface area contributed by atoms with Crippen LogP contribution >= 0.6 is 0 Å². The van der Waals surface area contributed by atoms with Crippen molar-refractivity contribution in [2.75, 3.05) is 6.61 Å². The summed E-state index contributed by atoms with van der Waals surface area (Å²) in [5, 5.41) is 7.88. The molecule has 0 saturated carbocycles. The quantitative estimate of drug-likeness (QED) is 0.683. The second kappa shape index (κ2) is 6.53. The van der Waals surface area contributed by atoms with Crippen LogP contribution in [0.5, 0.6) is 0 Å². The zero-order valence-electron chi connectivity index (χ0n) is 9.52. The summed E-state index contributed by atoms with van der Waals surface area (Å²) in [6.07, 6.45) is 5.30. The van der Waals surface area contributed by atoms with Crippen molar-refractivity contribution in [3.05, 3.63) is 11.9 Å². The number of hydrogen-bond acceptors (Lipinski definition) is 4. The minimum absolute atomic E-state index is 0.322. The first-order chi connectivity index (χ1) is 7.22. The standard InChI is InChI=1S/C10H20N4O/c1-9(2)15-6-4-3-5-10-7-14(8-11)13-12-10/h7,9H,3-6,8,11H2,1-2H3. The van der Waals surface area contributed by atoms with Crippen molar-refractivity contribution in [3.63, 3.8) is 0 Å². The van der Waals surface area contributed by atoms with Gasteiger partial charge in [-0.25, -0.2) is 4.68 Å². The van der Waals surface area contributed by atoms with Crippen molar-refractivity contribution in [2.45, 2.75) is 45.9 Å². The zero-order chi connectivity index (χ0) is 11.1. The zero-order valence-corrected chi connectivity index (χ0v) is 9.52. The third-order valence-corrected chi connectivity index (χ3v) is 2.05. The number of nitrogens with zero attached hydrogens (tertiary/aromatic N) is 3. The maximum absolute atomic E-state index is 5.44. The highest BCUT2D eigenvalue weighted by molar-refractivity contribution is 4.91. The lowest BCUT2D eigenvalue weighted by molar-refractivity contribution is 0.0760. The smallest absolute Gasteiger partial charge is 0.0896 e.